The fourth-order valence-electron chi connectivity index (χ4n) is 2.45. The Bertz CT molecular complexity index is 339. The second-order valence-electron chi connectivity index (χ2n) is 3.96. The Labute approximate surface area is 78.5 Å². The van der Waals surface area contributed by atoms with Gasteiger partial charge in [0.1, 0.15) is 0 Å². The summed E-state index contributed by atoms with van der Waals surface area (Å²) in [5, 5.41) is 3.32. The molecule has 66 valence electrons. The summed E-state index contributed by atoms with van der Waals surface area (Å²) in [5.41, 5.74) is 3.13. The molecule has 0 spiro atoms. The highest BCUT2D eigenvalue weighted by Crippen LogP contribution is 2.47. The molecule has 2 unspecified atom stereocenters. The van der Waals surface area contributed by atoms with Gasteiger partial charge in [-0.15, -0.1) is 0 Å². The van der Waals surface area contributed by atoms with Gasteiger partial charge >= 0.3 is 0 Å². The number of fused-ring (bicyclic) bond motifs is 1. The number of benzene rings is 1. The molecule has 0 saturated heterocycles. The summed E-state index contributed by atoms with van der Waals surface area (Å²) in [4.78, 5) is 0. The van der Waals surface area contributed by atoms with Crippen LogP contribution in [0.4, 0.5) is 0 Å². The number of rotatable bonds is 1. The van der Waals surface area contributed by atoms with E-state index >= 15 is 0 Å². The summed E-state index contributed by atoms with van der Waals surface area (Å²) < 4.78 is 0. The van der Waals surface area contributed by atoms with Gasteiger partial charge in [-0.05, 0) is 29.7 Å². The van der Waals surface area contributed by atoms with Gasteiger partial charge in [-0.1, -0.05) is 30.3 Å². The molecule has 1 fully saturated rings. The van der Waals surface area contributed by atoms with Crippen molar-refractivity contribution in [2.75, 3.05) is 6.54 Å². The van der Waals surface area contributed by atoms with Gasteiger partial charge in [0.25, 0.3) is 0 Å². The van der Waals surface area contributed by atoms with Crippen molar-refractivity contribution in [1.29, 1.82) is 0 Å². The summed E-state index contributed by atoms with van der Waals surface area (Å²) >= 11 is 0. The molecule has 1 N–H and O–H groups in total. The predicted octanol–water partition coefficient (Wildman–Crippen LogP) is 2.28. The smallest absolute Gasteiger partial charge is 0.0213 e. The number of hydrogen-bond acceptors (Lipinski definition) is 1. The maximum atomic E-state index is 3.32. The minimum absolute atomic E-state index is 0.780. The molecule has 2 aliphatic rings. The quantitative estimate of drug-likeness (QED) is 0.683. The summed E-state index contributed by atoms with van der Waals surface area (Å²) in [6, 6.07) is 10.9. The lowest BCUT2D eigenvalue weighted by molar-refractivity contribution is 0.391. The highest BCUT2D eigenvalue weighted by Gasteiger charge is 2.38. The predicted molar refractivity (Wildman–Crippen MR) is 53.4 cm³/mol. The lowest BCUT2D eigenvalue weighted by Gasteiger charge is -2.36. The molecular weight excluding hydrogens is 158 g/mol. The second-order valence-corrected chi connectivity index (χ2v) is 3.96. The Kier molecular flexibility index (Phi) is 1.45. The van der Waals surface area contributed by atoms with E-state index in [9.17, 15) is 0 Å². The first-order valence-corrected chi connectivity index (χ1v) is 4.92. The average Bonchev–Trinajstić information content (AvgIpc) is 2.50. The molecule has 1 saturated carbocycles. The van der Waals surface area contributed by atoms with Crippen molar-refractivity contribution >= 4 is 0 Å². The normalized spacial score (nSPS) is 30.0. The first-order valence-electron chi connectivity index (χ1n) is 4.92. The van der Waals surface area contributed by atoms with E-state index < -0.39 is 0 Å². The van der Waals surface area contributed by atoms with Crippen molar-refractivity contribution in [3.8, 4) is 0 Å². The zero-order valence-corrected chi connectivity index (χ0v) is 7.53. The maximum Gasteiger partial charge on any atom is 0.0213 e. The number of nitrogens with one attached hydrogen (secondary N) is 1. The van der Waals surface area contributed by atoms with Crippen LogP contribution in [-0.4, -0.2) is 6.54 Å². The van der Waals surface area contributed by atoms with Crippen LogP contribution in [0.15, 0.2) is 42.1 Å². The van der Waals surface area contributed by atoms with Crippen LogP contribution in [0.5, 0.6) is 0 Å². The molecule has 1 aromatic rings. The van der Waals surface area contributed by atoms with E-state index in [2.05, 4.69) is 41.8 Å². The first kappa shape index (κ1) is 7.19. The van der Waals surface area contributed by atoms with Gasteiger partial charge in [-0.3, -0.25) is 0 Å². The minimum Gasteiger partial charge on any atom is -0.390 e. The third-order valence-corrected chi connectivity index (χ3v) is 3.27. The Morgan fingerprint density at radius 2 is 1.92 bits per heavy atom. The zero-order chi connectivity index (χ0) is 8.67. The summed E-state index contributed by atoms with van der Waals surface area (Å²) in [6.07, 6.45) is 3.46. The molecule has 1 aliphatic carbocycles. The van der Waals surface area contributed by atoms with E-state index in [4.69, 9.17) is 0 Å². The van der Waals surface area contributed by atoms with Gasteiger partial charge in [0.05, 0.1) is 0 Å². The topological polar surface area (TPSA) is 12.0 Å². The van der Waals surface area contributed by atoms with E-state index in [1.165, 1.54) is 12.0 Å². The van der Waals surface area contributed by atoms with Crippen molar-refractivity contribution < 1.29 is 0 Å². The number of hydrogen-bond donors (Lipinski definition) is 1. The van der Waals surface area contributed by atoms with Gasteiger partial charge in [0, 0.05) is 12.5 Å². The van der Waals surface area contributed by atoms with E-state index in [0.29, 0.717) is 0 Å². The van der Waals surface area contributed by atoms with Crippen molar-refractivity contribution in [3.05, 3.63) is 47.7 Å². The molecule has 2 atom stereocenters. The highest BCUT2D eigenvalue weighted by molar-refractivity contribution is 5.35. The van der Waals surface area contributed by atoms with Crippen LogP contribution < -0.4 is 5.32 Å². The van der Waals surface area contributed by atoms with Crippen molar-refractivity contribution in [1.82, 2.24) is 5.32 Å². The summed E-state index contributed by atoms with van der Waals surface area (Å²) in [6.45, 7) is 1.15. The van der Waals surface area contributed by atoms with E-state index in [1.54, 1.807) is 5.57 Å². The Hall–Kier alpha value is -1.24. The molecular formula is C12H13N. The molecule has 1 nitrogen and oxygen atoms in total. The third-order valence-electron chi connectivity index (χ3n) is 3.27. The molecule has 1 heteroatoms. The molecule has 0 radical (unpaired) electrons. The molecule has 1 aliphatic heterocycles. The van der Waals surface area contributed by atoms with Gasteiger partial charge in [-0.25, -0.2) is 0 Å². The molecule has 1 aromatic carbocycles. The highest BCUT2D eigenvalue weighted by atomic mass is 14.9. The molecule has 13 heavy (non-hydrogen) atoms. The van der Waals surface area contributed by atoms with Crippen LogP contribution in [0.2, 0.25) is 0 Å². The molecule has 0 aromatic heterocycles. The van der Waals surface area contributed by atoms with Crippen LogP contribution >= 0.6 is 0 Å². The van der Waals surface area contributed by atoms with E-state index in [1.807, 2.05) is 0 Å². The summed E-state index contributed by atoms with van der Waals surface area (Å²) in [5.74, 6) is 1.57. The Morgan fingerprint density at radius 3 is 2.69 bits per heavy atom. The maximum absolute atomic E-state index is 3.32. The molecule has 0 amide bonds. The van der Waals surface area contributed by atoms with Crippen molar-refractivity contribution in [3.63, 3.8) is 0 Å². The summed E-state index contributed by atoms with van der Waals surface area (Å²) in [7, 11) is 0. The van der Waals surface area contributed by atoms with Gasteiger partial charge in [-0.2, -0.15) is 0 Å². The molecule has 0 bridgehead atoms. The molecule has 1 heterocycles. The minimum atomic E-state index is 0.780. The van der Waals surface area contributed by atoms with Crippen LogP contribution in [0, 0.1) is 5.92 Å². The first-order chi connectivity index (χ1) is 6.45. The second kappa shape index (κ2) is 2.63. The van der Waals surface area contributed by atoms with Crippen LogP contribution in [0.3, 0.4) is 0 Å². The average molecular weight is 171 g/mol. The van der Waals surface area contributed by atoms with Gasteiger partial charge < -0.3 is 5.32 Å². The fraction of sp³-hybridized carbons (Fsp3) is 0.333. The van der Waals surface area contributed by atoms with Crippen molar-refractivity contribution in [2.24, 2.45) is 5.92 Å². The SMILES string of the molecule is C1=C2CC(c3ccccc3)C2CN1. The van der Waals surface area contributed by atoms with Crippen LogP contribution in [0.1, 0.15) is 17.9 Å². The standard InChI is InChI=1S/C12H13N/c1-2-4-9(5-3-1)11-6-10-7-13-8-12(10)11/h1-5,7,11-13H,6,8H2. The van der Waals surface area contributed by atoms with E-state index in [-0.39, 0.29) is 0 Å². The van der Waals surface area contributed by atoms with Gasteiger partial charge in [0.15, 0.2) is 0 Å². The monoisotopic (exact) mass is 171 g/mol. The fourth-order valence-corrected chi connectivity index (χ4v) is 2.45. The largest absolute Gasteiger partial charge is 0.390 e. The third kappa shape index (κ3) is 0.998. The van der Waals surface area contributed by atoms with Gasteiger partial charge in [0.2, 0.25) is 0 Å². The zero-order valence-electron chi connectivity index (χ0n) is 7.53. The van der Waals surface area contributed by atoms with Crippen LogP contribution in [0.25, 0.3) is 0 Å². The van der Waals surface area contributed by atoms with Crippen molar-refractivity contribution in [2.45, 2.75) is 12.3 Å². The molecule has 3 rings (SSSR count). The Morgan fingerprint density at radius 1 is 1.08 bits per heavy atom. The Balaban J connectivity index is 1.86. The lowest BCUT2D eigenvalue weighted by Crippen LogP contribution is -2.28. The van der Waals surface area contributed by atoms with Crippen LogP contribution in [-0.2, 0) is 0 Å². The lowest BCUT2D eigenvalue weighted by atomic mass is 9.68. The van der Waals surface area contributed by atoms with E-state index in [0.717, 1.165) is 18.4 Å².